The molecule has 4 N–H and O–H groups in total. The third-order valence-electron chi connectivity index (χ3n) is 8.10. The Morgan fingerprint density at radius 2 is 1.26 bits per heavy atom. The molecule has 0 unspecified atom stereocenters. The van der Waals surface area contributed by atoms with Crippen molar-refractivity contribution in [3.63, 3.8) is 0 Å². The molecule has 0 atom stereocenters. The van der Waals surface area contributed by atoms with E-state index in [-0.39, 0.29) is 30.8 Å². The molecule has 4 aromatic heterocycles. The van der Waals surface area contributed by atoms with E-state index >= 15 is 0 Å². The monoisotopic (exact) mass is 816 g/mol. The lowest BCUT2D eigenvalue weighted by molar-refractivity contribution is -0.131. The van der Waals surface area contributed by atoms with Gasteiger partial charge in [-0.3, -0.25) is 14.4 Å². The molecule has 2 aliphatic heterocycles. The summed E-state index contributed by atoms with van der Waals surface area (Å²) in [4.78, 5) is 61.4. The fraction of sp³-hybridized carbons (Fsp3) is 0.429. The van der Waals surface area contributed by atoms with Gasteiger partial charge < -0.3 is 35.1 Å². The Hall–Kier alpha value is -5.46. The van der Waals surface area contributed by atoms with E-state index in [1.807, 2.05) is 6.20 Å². The van der Waals surface area contributed by atoms with Crippen molar-refractivity contribution >= 4 is 55.9 Å². The van der Waals surface area contributed by atoms with Gasteiger partial charge in [-0.1, -0.05) is 70.7 Å². The highest BCUT2D eigenvalue weighted by Crippen LogP contribution is 2.40. The molecule has 13 nitrogen and oxygen atoms in total. The van der Waals surface area contributed by atoms with Crippen LogP contribution in [0.25, 0.3) is 31.8 Å². The van der Waals surface area contributed by atoms with Crippen LogP contribution in [-0.4, -0.2) is 99.9 Å². The summed E-state index contributed by atoms with van der Waals surface area (Å²) < 4.78 is 6.88. The second kappa shape index (κ2) is 25.6. The number of nitrogens with zero attached hydrogens (tertiary/aromatic N) is 4. The van der Waals surface area contributed by atoms with Gasteiger partial charge in [-0.15, -0.1) is 22.7 Å². The topological polar surface area (TPSA) is 165 Å². The van der Waals surface area contributed by atoms with Crippen molar-refractivity contribution in [2.24, 2.45) is 0 Å². The highest BCUT2D eigenvalue weighted by molar-refractivity contribution is 7.27. The van der Waals surface area contributed by atoms with E-state index in [4.69, 9.17) is 0 Å². The number of rotatable bonds is 6. The maximum Gasteiger partial charge on any atom is 0.407 e. The molecule has 5 aromatic rings. The number of aromatic nitrogens is 4. The van der Waals surface area contributed by atoms with Gasteiger partial charge in [0.15, 0.2) is 0 Å². The fourth-order valence-electron chi connectivity index (χ4n) is 5.39. The lowest BCUT2D eigenvalue weighted by atomic mass is 10.1. The number of carbonyl (C=O) groups excluding carboxylic acids is 4. The van der Waals surface area contributed by atoms with E-state index in [0.29, 0.717) is 0 Å². The van der Waals surface area contributed by atoms with Gasteiger partial charge in [-0.25, -0.2) is 14.8 Å². The summed E-state index contributed by atoms with van der Waals surface area (Å²) in [5.41, 5.74) is 6.55. The predicted octanol–water partition coefficient (Wildman–Crippen LogP) is 7.69. The molecule has 57 heavy (non-hydrogen) atoms. The van der Waals surface area contributed by atoms with Crippen LogP contribution in [0.4, 0.5) is 4.79 Å². The van der Waals surface area contributed by atoms with E-state index in [9.17, 15) is 19.2 Å². The Balaban J connectivity index is 0.000000237. The van der Waals surface area contributed by atoms with Crippen molar-refractivity contribution in [1.29, 1.82) is 0 Å². The summed E-state index contributed by atoms with van der Waals surface area (Å²) in [7, 11) is 1.27. The zero-order chi connectivity index (χ0) is 41.4. The van der Waals surface area contributed by atoms with Gasteiger partial charge in [0.25, 0.3) is 0 Å². The number of H-pyrrole nitrogens is 2. The maximum absolute atomic E-state index is 11.3. The van der Waals surface area contributed by atoms with Gasteiger partial charge in [0.2, 0.25) is 17.7 Å². The van der Waals surface area contributed by atoms with Gasteiger partial charge in [0, 0.05) is 49.4 Å². The third kappa shape index (κ3) is 15.5. The Morgan fingerprint density at radius 3 is 1.77 bits per heavy atom. The molecule has 2 fully saturated rings. The number of alkyl carbamates (subject to hydrolysis) is 1. The first-order valence-electron chi connectivity index (χ1n) is 19.3. The zero-order valence-corrected chi connectivity index (χ0v) is 35.5. The van der Waals surface area contributed by atoms with Crippen molar-refractivity contribution < 1.29 is 23.9 Å². The number of aromatic amines is 2. The van der Waals surface area contributed by atoms with Gasteiger partial charge in [-0.2, -0.15) is 0 Å². The van der Waals surface area contributed by atoms with Gasteiger partial charge in [0.1, 0.15) is 12.2 Å². The van der Waals surface area contributed by atoms with Crippen LogP contribution in [0.15, 0.2) is 60.1 Å². The number of benzene rings is 1. The van der Waals surface area contributed by atoms with Gasteiger partial charge >= 0.3 is 6.09 Å². The smallest absolute Gasteiger partial charge is 0.407 e. The standard InChI is InChI=1S/C20H12N4S2.C8H14N2O3.C8H14N2O2.2C3H8/c1-3-14(18-8-22-12-24-18)4-2-13(1)17-10-26-19-15(9-25-20(17)19)5-6-16-7-21-11-23-16;1-13-8(12)9-6-7(11)10-4-2-3-5-10;1-7(11)9-6-8(12)10-4-2-3-5-10;2*1-3-2/h1-4,7-12H,(H,21,23)(H,22,24);2-6H2,1H3,(H,9,12);2-6H2,1H3,(H,9,11);2*3H2,1-2H3. The molecule has 4 amide bonds. The van der Waals surface area contributed by atoms with Crippen molar-refractivity contribution in [1.82, 2.24) is 40.4 Å². The number of nitrogens with one attached hydrogen (secondary N) is 4. The number of fused-ring (bicyclic) bond motifs is 1. The van der Waals surface area contributed by atoms with E-state index in [2.05, 4.69) is 110 Å². The molecule has 1 aromatic carbocycles. The molecule has 0 radical (unpaired) electrons. The normalized spacial score (nSPS) is 12.5. The lowest BCUT2D eigenvalue weighted by Gasteiger charge is -2.14. The quantitative estimate of drug-likeness (QED) is 0.128. The van der Waals surface area contributed by atoms with Crippen molar-refractivity contribution in [3.8, 4) is 34.2 Å². The number of amides is 4. The predicted molar refractivity (Wildman–Crippen MR) is 230 cm³/mol. The van der Waals surface area contributed by atoms with Crippen LogP contribution in [0.5, 0.6) is 0 Å². The van der Waals surface area contributed by atoms with Crippen LogP contribution in [0.3, 0.4) is 0 Å². The summed E-state index contributed by atoms with van der Waals surface area (Å²) in [6.45, 7) is 13.4. The number of thiophene rings is 2. The first-order valence-corrected chi connectivity index (χ1v) is 21.1. The second-order valence-electron chi connectivity index (χ2n) is 13.1. The molecule has 0 aliphatic carbocycles. The minimum Gasteiger partial charge on any atom is -0.453 e. The summed E-state index contributed by atoms with van der Waals surface area (Å²) in [6.07, 6.45) is 13.1. The average Bonchev–Trinajstić information content (AvgIpc) is 4.07. The Morgan fingerprint density at radius 1 is 0.737 bits per heavy atom. The summed E-state index contributed by atoms with van der Waals surface area (Å²) in [5, 5.41) is 9.20. The molecule has 0 spiro atoms. The molecule has 7 rings (SSSR count). The number of likely N-dealkylation sites (tertiary alicyclic amines) is 2. The highest BCUT2D eigenvalue weighted by Gasteiger charge is 2.19. The molecular formula is C42H56N8O5S2. The summed E-state index contributed by atoms with van der Waals surface area (Å²) >= 11 is 3.49. The van der Waals surface area contributed by atoms with Crippen LogP contribution in [0.1, 0.15) is 84.4 Å². The zero-order valence-electron chi connectivity index (χ0n) is 33.9. The number of imidazole rings is 2. The van der Waals surface area contributed by atoms with Crippen molar-refractivity contribution in [3.05, 3.63) is 71.3 Å². The van der Waals surface area contributed by atoms with Gasteiger partial charge in [-0.05, 0) is 42.7 Å². The molecule has 2 saturated heterocycles. The molecule has 6 heterocycles. The lowest BCUT2D eigenvalue weighted by Crippen LogP contribution is -2.38. The molecule has 2 aliphatic rings. The van der Waals surface area contributed by atoms with Crippen molar-refractivity contribution in [2.45, 2.75) is 73.1 Å². The minimum atomic E-state index is -0.562. The van der Waals surface area contributed by atoms with Crippen LogP contribution < -0.4 is 10.6 Å². The number of carbonyl (C=O) groups is 4. The van der Waals surface area contributed by atoms with Crippen LogP contribution in [0.2, 0.25) is 0 Å². The Bertz CT molecular complexity index is 1980. The fourth-order valence-corrected chi connectivity index (χ4v) is 7.70. The SMILES string of the molecule is C(#Cc1csc2c(-c3ccc(-c4cnc[nH]4)cc3)csc12)c1cnc[nH]1.CC(=O)NCC(=O)N1CCCC1.CCC.CCC.COC(=O)NCC(=O)N1CCCC1. The maximum atomic E-state index is 11.3. The number of hydrogen-bond donors (Lipinski definition) is 4. The third-order valence-corrected chi connectivity index (χ3v) is 10.3. The van der Waals surface area contributed by atoms with Gasteiger partial charge in [0.05, 0.1) is 59.4 Å². The molecule has 15 heteroatoms. The summed E-state index contributed by atoms with van der Waals surface area (Å²) in [6, 6.07) is 8.57. The first-order chi connectivity index (χ1) is 27.6. The van der Waals surface area contributed by atoms with Crippen LogP contribution >= 0.6 is 22.7 Å². The molecule has 306 valence electrons. The average molecular weight is 817 g/mol. The largest absolute Gasteiger partial charge is 0.453 e. The number of ether oxygens (including phenoxy) is 1. The van der Waals surface area contributed by atoms with Crippen LogP contribution in [-0.2, 0) is 19.1 Å². The Labute approximate surface area is 344 Å². The van der Waals surface area contributed by atoms with E-state index in [1.54, 1.807) is 51.3 Å². The number of hydrogen-bond acceptors (Lipinski definition) is 9. The van der Waals surface area contributed by atoms with E-state index < -0.39 is 6.09 Å². The molecular weight excluding hydrogens is 761 g/mol. The van der Waals surface area contributed by atoms with Crippen LogP contribution in [0, 0.1) is 11.8 Å². The Kier molecular flexibility index (Phi) is 20.7. The molecule has 0 bridgehead atoms. The minimum absolute atomic E-state index is 0.0303. The summed E-state index contributed by atoms with van der Waals surface area (Å²) in [5.74, 6) is 6.22. The van der Waals surface area contributed by atoms with E-state index in [1.165, 1.54) is 47.4 Å². The molecule has 0 saturated carbocycles. The highest BCUT2D eigenvalue weighted by atomic mass is 32.1. The second-order valence-corrected chi connectivity index (χ2v) is 14.8. The first kappa shape index (κ1) is 45.9. The van der Waals surface area contributed by atoms with Crippen molar-refractivity contribution in [2.75, 3.05) is 46.4 Å². The number of methoxy groups -OCH3 is 1. The van der Waals surface area contributed by atoms with E-state index in [0.717, 1.165) is 74.4 Å².